The summed E-state index contributed by atoms with van der Waals surface area (Å²) in [5, 5.41) is 14.0. The molecule has 0 spiro atoms. The number of halogens is 1. The number of aldehydes is 1. The quantitative estimate of drug-likeness (QED) is 0.841. The zero-order valence-electron chi connectivity index (χ0n) is 9.12. The average Bonchev–Trinajstić information content (AvgIpc) is 2.45. The van der Waals surface area contributed by atoms with Gasteiger partial charge in [-0.3, -0.25) is 4.68 Å². The van der Waals surface area contributed by atoms with E-state index >= 15 is 0 Å². The summed E-state index contributed by atoms with van der Waals surface area (Å²) in [5.41, 5.74) is 0.444. The monoisotopic (exact) mass is 274 g/mol. The van der Waals surface area contributed by atoms with Gasteiger partial charge < -0.3 is 9.90 Å². The first-order valence-corrected chi connectivity index (χ1v) is 5.59. The van der Waals surface area contributed by atoms with Gasteiger partial charge in [0.1, 0.15) is 5.60 Å². The van der Waals surface area contributed by atoms with Crippen LogP contribution in [0, 0.1) is 0 Å². The molecule has 84 valence electrons. The number of aliphatic hydroxyl groups is 1. The van der Waals surface area contributed by atoms with Gasteiger partial charge in [0, 0.05) is 13.5 Å². The zero-order chi connectivity index (χ0) is 11.6. The molecule has 0 saturated carbocycles. The van der Waals surface area contributed by atoms with Crippen LogP contribution in [-0.2, 0) is 24.7 Å². The Labute approximate surface area is 97.4 Å². The van der Waals surface area contributed by atoms with Gasteiger partial charge in [0.05, 0.1) is 15.9 Å². The zero-order valence-corrected chi connectivity index (χ0v) is 10.7. The van der Waals surface area contributed by atoms with Gasteiger partial charge >= 0.3 is 0 Å². The topological polar surface area (TPSA) is 55.1 Å². The SMILES string of the molecule is CCc1nn(C)c(CC(C)(O)C=O)c1Br. The Balaban J connectivity index is 3.04. The maximum absolute atomic E-state index is 10.6. The number of carbonyl (C=O) groups is 1. The molecule has 1 aromatic rings. The third-order valence-corrected chi connectivity index (χ3v) is 3.20. The summed E-state index contributed by atoms with van der Waals surface area (Å²) in [4.78, 5) is 10.6. The Hall–Kier alpha value is -0.680. The number of hydrogen-bond acceptors (Lipinski definition) is 3. The van der Waals surface area contributed by atoms with Crippen molar-refractivity contribution < 1.29 is 9.90 Å². The Morgan fingerprint density at radius 1 is 1.67 bits per heavy atom. The lowest BCUT2D eigenvalue weighted by molar-refractivity contribution is -0.122. The van der Waals surface area contributed by atoms with Gasteiger partial charge in [0.25, 0.3) is 0 Å². The molecule has 1 unspecified atom stereocenters. The Morgan fingerprint density at radius 2 is 2.27 bits per heavy atom. The summed E-state index contributed by atoms with van der Waals surface area (Å²) in [5.74, 6) is 0. The van der Waals surface area contributed by atoms with Crippen LogP contribution in [0.4, 0.5) is 0 Å². The van der Waals surface area contributed by atoms with Crippen LogP contribution in [0.25, 0.3) is 0 Å². The molecule has 15 heavy (non-hydrogen) atoms. The lowest BCUT2D eigenvalue weighted by Crippen LogP contribution is -2.30. The van der Waals surface area contributed by atoms with E-state index in [9.17, 15) is 9.90 Å². The van der Waals surface area contributed by atoms with Crippen molar-refractivity contribution >= 4 is 22.2 Å². The summed E-state index contributed by atoms with van der Waals surface area (Å²) in [6.45, 7) is 3.50. The number of carbonyl (C=O) groups excluding carboxylic acids is 1. The van der Waals surface area contributed by atoms with Crippen LogP contribution < -0.4 is 0 Å². The number of aromatic nitrogens is 2. The molecule has 1 atom stereocenters. The van der Waals surface area contributed by atoms with Crippen LogP contribution >= 0.6 is 15.9 Å². The summed E-state index contributed by atoms with van der Waals surface area (Å²) in [7, 11) is 1.81. The molecule has 1 aromatic heterocycles. The maximum atomic E-state index is 10.6. The minimum Gasteiger partial charge on any atom is -0.382 e. The van der Waals surface area contributed by atoms with Crippen molar-refractivity contribution in [1.82, 2.24) is 9.78 Å². The van der Waals surface area contributed by atoms with Gasteiger partial charge in [-0.25, -0.2) is 0 Å². The van der Waals surface area contributed by atoms with Gasteiger partial charge in [-0.15, -0.1) is 0 Å². The Bertz CT molecular complexity index is 372. The molecule has 1 rings (SSSR count). The fraction of sp³-hybridized carbons (Fsp3) is 0.600. The Morgan fingerprint density at radius 3 is 2.67 bits per heavy atom. The molecule has 0 aliphatic heterocycles. The molecule has 5 heteroatoms. The molecule has 0 amide bonds. The van der Waals surface area contributed by atoms with E-state index < -0.39 is 5.60 Å². The van der Waals surface area contributed by atoms with Crippen LogP contribution in [0.1, 0.15) is 25.2 Å². The van der Waals surface area contributed by atoms with E-state index in [1.807, 2.05) is 6.92 Å². The molecule has 0 fully saturated rings. The summed E-state index contributed by atoms with van der Waals surface area (Å²) in [6.07, 6.45) is 1.64. The summed E-state index contributed by atoms with van der Waals surface area (Å²) >= 11 is 3.43. The minimum atomic E-state index is -1.33. The van der Waals surface area contributed by atoms with Crippen LogP contribution in [0.15, 0.2) is 4.47 Å². The van der Waals surface area contributed by atoms with Gasteiger partial charge in [0.15, 0.2) is 6.29 Å². The first-order valence-electron chi connectivity index (χ1n) is 4.80. The summed E-state index contributed by atoms with van der Waals surface area (Å²) < 4.78 is 2.58. The van der Waals surface area contributed by atoms with Gasteiger partial charge in [-0.1, -0.05) is 6.92 Å². The second-order valence-corrected chi connectivity index (χ2v) is 4.63. The van der Waals surface area contributed by atoms with E-state index in [0.717, 1.165) is 22.3 Å². The van der Waals surface area contributed by atoms with E-state index in [2.05, 4.69) is 21.0 Å². The normalized spacial score (nSPS) is 15.0. The maximum Gasteiger partial charge on any atom is 0.151 e. The predicted molar refractivity (Wildman–Crippen MR) is 60.7 cm³/mol. The molecule has 4 nitrogen and oxygen atoms in total. The molecule has 1 heterocycles. The molecule has 1 N–H and O–H groups in total. The van der Waals surface area contributed by atoms with E-state index in [1.165, 1.54) is 6.92 Å². The van der Waals surface area contributed by atoms with E-state index in [1.54, 1.807) is 11.7 Å². The minimum absolute atomic E-state index is 0.264. The fourth-order valence-electron chi connectivity index (χ4n) is 1.39. The molecular weight excluding hydrogens is 260 g/mol. The molecule has 0 radical (unpaired) electrons. The second-order valence-electron chi connectivity index (χ2n) is 3.84. The third-order valence-electron chi connectivity index (χ3n) is 2.28. The van der Waals surface area contributed by atoms with Crippen molar-refractivity contribution in [3.8, 4) is 0 Å². The third kappa shape index (κ3) is 2.66. The van der Waals surface area contributed by atoms with Crippen molar-refractivity contribution in [3.05, 3.63) is 15.9 Å². The predicted octanol–water partition coefficient (Wildman–Crippen LogP) is 1.24. The number of aryl methyl sites for hydroxylation is 2. The van der Waals surface area contributed by atoms with Crippen molar-refractivity contribution in [2.75, 3.05) is 0 Å². The van der Waals surface area contributed by atoms with Crippen LogP contribution in [0.2, 0.25) is 0 Å². The highest BCUT2D eigenvalue weighted by Gasteiger charge is 2.24. The van der Waals surface area contributed by atoms with Crippen molar-refractivity contribution in [3.63, 3.8) is 0 Å². The second kappa shape index (κ2) is 4.45. The van der Waals surface area contributed by atoms with Crippen molar-refractivity contribution in [1.29, 1.82) is 0 Å². The van der Waals surface area contributed by atoms with E-state index in [0.29, 0.717) is 6.29 Å². The molecule has 0 aliphatic rings. The standard InChI is InChI=1S/C10H15BrN2O2/c1-4-7-9(11)8(13(3)12-7)5-10(2,15)6-14/h6,15H,4-5H2,1-3H3. The van der Waals surface area contributed by atoms with Crippen molar-refractivity contribution in [2.24, 2.45) is 7.05 Å². The fourth-order valence-corrected chi connectivity index (χ4v) is 2.15. The first-order chi connectivity index (χ1) is 6.91. The molecule has 0 aromatic carbocycles. The van der Waals surface area contributed by atoms with Crippen LogP contribution in [0.3, 0.4) is 0 Å². The van der Waals surface area contributed by atoms with Gasteiger partial charge in [0.2, 0.25) is 0 Å². The molecular formula is C10H15BrN2O2. The average molecular weight is 275 g/mol. The van der Waals surface area contributed by atoms with Crippen LogP contribution in [0.5, 0.6) is 0 Å². The highest BCUT2D eigenvalue weighted by molar-refractivity contribution is 9.10. The van der Waals surface area contributed by atoms with E-state index in [4.69, 9.17) is 0 Å². The van der Waals surface area contributed by atoms with Crippen molar-refractivity contribution in [2.45, 2.75) is 32.3 Å². The number of rotatable bonds is 4. The highest BCUT2D eigenvalue weighted by Crippen LogP contribution is 2.24. The number of hydrogen-bond donors (Lipinski definition) is 1. The summed E-state index contributed by atoms with van der Waals surface area (Å²) in [6, 6.07) is 0. The van der Waals surface area contributed by atoms with Gasteiger partial charge in [-0.05, 0) is 29.3 Å². The molecule has 0 saturated heterocycles. The lowest BCUT2D eigenvalue weighted by atomic mass is 10.0. The van der Waals surface area contributed by atoms with Gasteiger partial charge in [-0.2, -0.15) is 5.10 Å². The Kier molecular flexibility index (Phi) is 3.67. The smallest absolute Gasteiger partial charge is 0.151 e. The molecule has 0 aliphatic carbocycles. The van der Waals surface area contributed by atoms with Crippen LogP contribution in [-0.4, -0.2) is 26.8 Å². The molecule has 0 bridgehead atoms. The first kappa shape index (κ1) is 12.4. The highest BCUT2D eigenvalue weighted by atomic mass is 79.9. The number of nitrogens with zero attached hydrogens (tertiary/aromatic N) is 2. The largest absolute Gasteiger partial charge is 0.382 e. The lowest BCUT2D eigenvalue weighted by Gasteiger charge is -2.15. The van der Waals surface area contributed by atoms with E-state index in [-0.39, 0.29) is 6.42 Å².